The van der Waals surface area contributed by atoms with Crippen molar-refractivity contribution in [3.05, 3.63) is 0 Å². The third-order valence-electron chi connectivity index (χ3n) is 2.09. The summed E-state index contributed by atoms with van der Waals surface area (Å²) in [5.74, 6) is 0. The van der Waals surface area contributed by atoms with E-state index in [1.807, 2.05) is 6.92 Å². The fourth-order valence-corrected chi connectivity index (χ4v) is 1.20. The lowest BCUT2D eigenvalue weighted by Crippen LogP contribution is -2.34. The molecule has 4 nitrogen and oxygen atoms in total. The van der Waals surface area contributed by atoms with Gasteiger partial charge in [0.05, 0.1) is 19.8 Å². The maximum Gasteiger partial charge on any atom is 0.0700 e. The van der Waals surface area contributed by atoms with Gasteiger partial charge in [0.15, 0.2) is 0 Å². The maximum atomic E-state index is 9.05. The van der Waals surface area contributed by atoms with Gasteiger partial charge in [-0.2, -0.15) is 0 Å². The maximum absolute atomic E-state index is 9.05. The molecule has 0 aliphatic heterocycles. The molecule has 15 heavy (non-hydrogen) atoms. The Balaban J connectivity index is 3.22. The molecule has 0 aromatic carbocycles. The van der Waals surface area contributed by atoms with Gasteiger partial charge in [0.1, 0.15) is 0 Å². The highest BCUT2D eigenvalue weighted by molar-refractivity contribution is 4.64. The lowest BCUT2D eigenvalue weighted by Gasteiger charge is -2.15. The van der Waals surface area contributed by atoms with Crippen molar-refractivity contribution in [3.8, 4) is 0 Å². The first-order valence-corrected chi connectivity index (χ1v) is 5.84. The quantitative estimate of drug-likeness (QED) is 0.504. The van der Waals surface area contributed by atoms with E-state index in [0.29, 0.717) is 19.8 Å². The Labute approximate surface area is 93.0 Å². The number of nitrogens with one attached hydrogen (secondary N) is 1. The summed E-state index contributed by atoms with van der Waals surface area (Å²) in [6.07, 6.45) is 1.93. The summed E-state index contributed by atoms with van der Waals surface area (Å²) in [7, 11) is 0. The van der Waals surface area contributed by atoms with Gasteiger partial charge in [0.25, 0.3) is 0 Å². The van der Waals surface area contributed by atoms with Crippen LogP contribution in [-0.4, -0.2) is 50.7 Å². The fraction of sp³-hybridized carbons (Fsp3) is 1.00. The van der Waals surface area contributed by atoms with Crippen LogP contribution in [0.3, 0.4) is 0 Å². The predicted molar refractivity (Wildman–Crippen MR) is 61.1 cm³/mol. The van der Waals surface area contributed by atoms with Gasteiger partial charge in [-0.3, -0.25) is 0 Å². The summed E-state index contributed by atoms with van der Waals surface area (Å²) >= 11 is 0. The number of aliphatic hydroxyl groups is 1. The van der Waals surface area contributed by atoms with Crippen LogP contribution in [-0.2, 0) is 9.47 Å². The molecule has 0 aromatic heterocycles. The summed E-state index contributed by atoms with van der Waals surface area (Å²) in [5.41, 5.74) is 0. The topological polar surface area (TPSA) is 50.7 Å². The Kier molecular flexibility index (Phi) is 11.8. The van der Waals surface area contributed by atoms with Crippen molar-refractivity contribution in [2.24, 2.45) is 0 Å². The van der Waals surface area contributed by atoms with Crippen LogP contribution in [0.15, 0.2) is 0 Å². The molecule has 0 bridgehead atoms. The first-order valence-electron chi connectivity index (χ1n) is 5.84. The molecule has 4 heteroatoms. The molecule has 0 aliphatic rings. The van der Waals surface area contributed by atoms with Crippen LogP contribution < -0.4 is 5.32 Å². The lowest BCUT2D eigenvalue weighted by atomic mass is 10.2. The Bertz CT molecular complexity index is 122. The van der Waals surface area contributed by atoms with E-state index in [0.717, 1.165) is 26.0 Å². The number of aliphatic hydroxyl groups excluding tert-OH is 1. The van der Waals surface area contributed by atoms with E-state index in [9.17, 15) is 0 Å². The van der Waals surface area contributed by atoms with E-state index in [1.165, 1.54) is 0 Å². The number of ether oxygens (including phenoxy) is 2. The van der Waals surface area contributed by atoms with Gasteiger partial charge < -0.3 is 19.9 Å². The van der Waals surface area contributed by atoms with Crippen LogP contribution in [0, 0.1) is 0 Å². The highest BCUT2D eigenvalue weighted by Crippen LogP contribution is 1.92. The second-order valence-corrected chi connectivity index (χ2v) is 3.43. The van der Waals surface area contributed by atoms with Crippen molar-refractivity contribution in [1.82, 2.24) is 5.32 Å². The van der Waals surface area contributed by atoms with Crippen molar-refractivity contribution >= 4 is 0 Å². The Morgan fingerprint density at radius 3 is 2.47 bits per heavy atom. The average Bonchev–Trinajstić information content (AvgIpc) is 2.27. The predicted octanol–water partition coefficient (Wildman–Crippen LogP) is 0.790. The minimum atomic E-state index is 0.164. The molecule has 0 spiro atoms. The van der Waals surface area contributed by atoms with Crippen LogP contribution in [0.2, 0.25) is 0 Å². The zero-order chi connectivity index (χ0) is 11.4. The minimum absolute atomic E-state index is 0.164. The van der Waals surface area contributed by atoms with Gasteiger partial charge >= 0.3 is 0 Å². The van der Waals surface area contributed by atoms with Crippen molar-refractivity contribution < 1.29 is 14.6 Å². The second kappa shape index (κ2) is 11.9. The zero-order valence-corrected chi connectivity index (χ0v) is 10.00. The largest absolute Gasteiger partial charge is 0.395 e. The second-order valence-electron chi connectivity index (χ2n) is 3.43. The first kappa shape index (κ1) is 14.8. The molecule has 0 aromatic rings. The third kappa shape index (κ3) is 10.1. The van der Waals surface area contributed by atoms with Crippen LogP contribution >= 0.6 is 0 Å². The van der Waals surface area contributed by atoms with Gasteiger partial charge in [-0.05, 0) is 26.3 Å². The summed E-state index contributed by atoms with van der Waals surface area (Å²) in [6.45, 7) is 7.91. The van der Waals surface area contributed by atoms with E-state index in [2.05, 4.69) is 12.2 Å². The van der Waals surface area contributed by atoms with Gasteiger partial charge in [0.2, 0.25) is 0 Å². The van der Waals surface area contributed by atoms with Gasteiger partial charge in [-0.25, -0.2) is 0 Å². The molecule has 1 atom stereocenters. The lowest BCUT2D eigenvalue weighted by molar-refractivity contribution is 0.0468. The molecule has 0 fully saturated rings. The molecule has 0 saturated heterocycles. The van der Waals surface area contributed by atoms with E-state index < -0.39 is 0 Å². The van der Waals surface area contributed by atoms with E-state index in [1.54, 1.807) is 0 Å². The molecule has 92 valence electrons. The van der Waals surface area contributed by atoms with E-state index in [4.69, 9.17) is 14.6 Å². The van der Waals surface area contributed by atoms with Gasteiger partial charge in [0, 0.05) is 19.3 Å². The first-order chi connectivity index (χ1) is 7.35. The van der Waals surface area contributed by atoms with Gasteiger partial charge in [-0.15, -0.1) is 0 Å². The average molecular weight is 219 g/mol. The van der Waals surface area contributed by atoms with Crippen molar-refractivity contribution in [3.63, 3.8) is 0 Å². The third-order valence-corrected chi connectivity index (χ3v) is 2.09. The highest BCUT2D eigenvalue weighted by Gasteiger charge is 2.04. The molecule has 0 heterocycles. The van der Waals surface area contributed by atoms with Crippen molar-refractivity contribution in [2.75, 3.05) is 39.6 Å². The standard InChI is InChI=1S/C11H25NO3/c1-3-6-12-11(10-13)5-7-15-9-8-14-4-2/h11-13H,3-10H2,1-2H3. The molecule has 0 radical (unpaired) electrons. The fourth-order valence-electron chi connectivity index (χ4n) is 1.20. The Hall–Kier alpha value is -0.160. The molecule has 0 saturated carbocycles. The Morgan fingerprint density at radius 2 is 1.87 bits per heavy atom. The van der Waals surface area contributed by atoms with Crippen LogP contribution in [0.4, 0.5) is 0 Å². The summed E-state index contributed by atoms with van der Waals surface area (Å²) in [4.78, 5) is 0. The van der Waals surface area contributed by atoms with E-state index >= 15 is 0 Å². The molecule has 1 unspecified atom stereocenters. The normalized spacial score (nSPS) is 13.0. The smallest absolute Gasteiger partial charge is 0.0700 e. The minimum Gasteiger partial charge on any atom is -0.395 e. The molecule has 0 rings (SSSR count). The SMILES string of the molecule is CCCNC(CO)CCOCCOCC. The molecular weight excluding hydrogens is 194 g/mol. The summed E-state index contributed by atoms with van der Waals surface area (Å²) < 4.78 is 10.5. The monoisotopic (exact) mass is 219 g/mol. The van der Waals surface area contributed by atoms with Crippen LogP contribution in [0.25, 0.3) is 0 Å². The van der Waals surface area contributed by atoms with Crippen LogP contribution in [0.1, 0.15) is 26.7 Å². The van der Waals surface area contributed by atoms with Crippen LogP contribution in [0.5, 0.6) is 0 Å². The number of hydrogen-bond acceptors (Lipinski definition) is 4. The molecule has 0 amide bonds. The summed E-state index contributed by atoms with van der Waals surface area (Å²) in [5, 5.41) is 12.3. The zero-order valence-electron chi connectivity index (χ0n) is 10.00. The summed E-state index contributed by atoms with van der Waals surface area (Å²) in [6, 6.07) is 0.164. The van der Waals surface area contributed by atoms with Crippen molar-refractivity contribution in [1.29, 1.82) is 0 Å². The van der Waals surface area contributed by atoms with E-state index in [-0.39, 0.29) is 12.6 Å². The molecule has 0 aliphatic carbocycles. The molecular formula is C11H25NO3. The highest BCUT2D eigenvalue weighted by atomic mass is 16.5. The van der Waals surface area contributed by atoms with Crippen molar-refractivity contribution in [2.45, 2.75) is 32.7 Å². The van der Waals surface area contributed by atoms with Gasteiger partial charge in [-0.1, -0.05) is 6.92 Å². The molecule has 2 N–H and O–H groups in total. The number of hydrogen-bond donors (Lipinski definition) is 2. The Morgan fingerprint density at radius 1 is 1.13 bits per heavy atom. The number of rotatable bonds is 11.